The third kappa shape index (κ3) is 2.95. The van der Waals surface area contributed by atoms with E-state index >= 15 is 0 Å². The topological polar surface area (TPSA) is 68.1 Å². The molecule has 6 nitrogen and oxygen atoms in total. The molecule has 1 aromatic carbocycles. The first kappa shape index (κ1) is 14.5. The van der Waals surface area contributed by atoms with E-state index in [0.29, 0.717) is 18.1 Å². The number of hydrogen-bond donors (Lipinski definition) is 0. The third-order valence-electron chi connectivity index (χ3n) is 3.46. The molecule has 1 aliphatic rings. The van der Waals surface area contributed by atoms with Crippen molar-refractivity contribution in [3.8, 4) is 5.69 Å². The van der Waals surface area contributed by atoms with E-state index in [4.69, 9.17) is 11.6 Å². The normalized spacial score (nSPS) is 21.7. The molecule has 1 aromatic heterocycles. The molecular formula is C13H15ClN4O2S. The van der Waals surface area contributed by atoms with Crippen LogP contribution in [0.2, 0.25) is 5.02 Å². The van der Waals surface area contributed by atoms with Crippen molar-refractivity contribution >= 4 is 21.6 Å². The van der Waals surface area contributed by atoms with Crippen molar-refractivity contribution in [2.24, 2.45) is 5.92 Å². The van der Waals surface area contributed by atoms with Crippen LogP contribution in [0.1, 0.15) is 12.5 Å². The lowest BCUT2D eigenvalue weighted by atomic mass is 10.1. The quantitative estimate of drug-likeness (QED) is 0.861. The lowest BCUT2D eigenvalue weighted by Crippen LogP contribution is -2.26. The molecule has 1 saturated heterocycles. The van der Waals surface area contributed by atoms with Gasteiger partial charge in [0.05, 0.1) is 11.4 Å². The van der Waals surface area contributed by atoms with Gasteiger partial charge in [-0.05, 0) is 23.6 Å². The van der Waals surface area contributed by atoms with Gasteiger partial charge in [0.1, 0.15) is 12.7 Å². The molecule has 8 heteroatoms. The van der Waals surface area contributed by atoms with E-state index in [9.17, 15) is 8.42 Å². The predicted molar refractivity (Wildman–Crippen MR) is 79.7 cm³/mol. The number of halogens is 1. The molecule has 1 fully saturated rings. The Bertz CT molecular complexity index is 746. The molecule has 0 amide bonds. The van der Waals surface area contributed by atoms with Gasteiger partial charge < -0.3 is 0 Å². The number of nitrogens with zero attached hydrogens (tertiary/aromatic N) is 4. The van der Waals surface area contributed by atoms with Crippen LogP contribution in [-0.4, -0.2) is 39.8 Å². The van der Waals surface area contributed by atoms with Crippen molar-refractivity contribution in [2.75, 3.05) is 12.3 Å². The van der Waals surface area contributed by atoms with Crippen LogP contribution in [0.3, 0.4) is 0 Å². The highest BCUT2D eigenvalue weighted by atomic mass is 35.5. The van der Waals surface area contributed by atoms with Crippen LogP contribution in [-0.2, 0) is 16.6 Å². The lowest BCUT2D eigenvalue weighted by Gasteiger charge is -2.17. The molecule has 112 valence electrons. The minimum atomic E-state index is -3.18. The predicted octanol–water partition coefficient (Wildman–Crippen LogP) is 1.70. The minimum Gasteiger partial charge on any atom is -0.223 e. The van der Waals surface area contributed by atoms with Crippen molar-refractivity contribution in [3.63, 3.8) is 0 Å². The Morgan fingerprint density at radius 1 is 1.43 bits per heavy atom. The first-order valence-electron chi connectivity index (χ1n) is 6.57. The number of sulfonamides is 1. The first-order valence-corrected chi connectivity index (χ1v) is 8.55. The molecule has 0 spiro atoms. The minimum absolute atomic E-state index is 0.150. The molecule has 0 bridgehead atoms. The molecule has 2 heterocycles. The number of rotatable bonds is 3. The van der Waals surface area contributed by atoms with Crippen LogP contribution in [0.25, 0.3) is 5.69 Å². The molecule has 21 heavy (non-hydrogen) atoms. The van der Waals surface area contributed by atoms with E-state index in [2.05, 4.69) is 10.1 Å². The summed E-state index contributed by atoms with van der Waals surface area (Å²) < 4.78 is 27.3. The van der Waals surface area contributed by atoms with Gasteiger partial charge in [-0.25, -0.2) is 18.1 Å². The molecule has 2 aromatic rings. The van der Waals surface area contributed by atoms with Crippen LogP contribution in [0.5, 0.6) is 0 Å². The Hall–Kier alpha value is -1.44. The monoisotopic (exact) mass is 326 g/mol. The Labute approximate surface area is 128 Å². The van der Waals surface area contributed by atoms with E-state index in [1.165, 1.54) is 10.6 Å². The molecule has 0 radical (unpaired) electrons. The van der Waals surface area contributed by atoms with Gasteiger partial charge in [0.25, 0.3) is 0 Å². The highest BCUT2D eigenvalue weighted by Gasteiger charge is 2.33. The molecule has 1 atom stereocenters. The summed E-state index contributed by atoms with van der Waals surface area (Å²) in [5.74, 6) is 0.358. The summed E-state index contributed by atoms with van der Waals surface area (Å²) >= 11 is 6.04. The zero-order chi connectivity index (χ0) is 15.0. The fourth-order valence-corrected chi connectivity index (χ4v) is 4.57. The van der Waals surface area contributed by atoms with Crippen molar-refractivity contribution < 1.29 is 8.42 Å². The Kier molecular flexibility index (Phi) is 3.73. The maximum atomic E-state index is 12.1. The summed E-state index contributed by atoms with van der Waals surface area (Å²) in [6, 6.07) is 5.35. The molecular weight excluding hydrogens is 312 g/mol. The van der Waals surface area contributed by atoms with Crippen LogP contribution in [0, 0.1) is 5.92 Å². The highest BCUT2D eigenvalue weighted by Crippen LogP contribution is 2.25. The van der Waals surface area contributed by atoms with E-state index in [-0.39, 0.29) is 11.7 Å². The van der Waals surface area contributed by atoms with E-state index < -0.39 is 10.0 Å². The van der Waals surface area contributed by atoms with E-state index in [1.54, 1.807) is 23.1 Å². The number of benzene rings is 1. The zero-order valence-corrected chi connectivity index (χ0v) is 13.0. The average Bonchev–Trinajstić information content (AvgIpc) is 3.00. The van der Waals surface area contributed by atoms with E-state index in [0.717, 1.165) is 11.3 Å². The zero-order valence-electron chi connectivity index (χ0n) is 11.5. The molecule has 0 N–H and O–H groups in total. The molecule has 1 unspecified atom stereocenters. The second kappa shape index (κ2) is 5.40. The van der Waals surface area contributed by atoms with Gasteiger partial charge in [0.2, 0.25) is 10.0 Å². The van der Waals surface area contributed by atoms with Gasteiger partial charge >= 0.3 is 0 Å². The Balaban J connectivity index is 1.96. The fourth-order valence-electron chi connectivity index (χ4n) is 2.55. The molecule has 0 saturated carbocycles. The van der Waals surface area contributed by atoms with Crippen LogP contribution < -0.4 is 0 Å². The summed E-state index contributed by atoms with van der Waals surface area (Å²) in [6.45, 7) is 2.80. The second-order valence-corrected chi connectivity index (χ2v) is 7.74. The van der Waals surface area contributed by atoms with Crippen molar-refractivity contribution in [2.45, 2.75) is 13.5 Å². The van der Waals surface area contributed by atoms with Crippen molar-refractivity contribution in [1.82, 2.24) is 19.1 Å². The highest BCUT2D eigenvalue weighted by molar-refractivity contribution is 7.89. The molecule has 1 aliphatic heterocycles. The molecule has 3 rings (SSSR count). The van der Waals surface area contributed by atoms with Gasteiger partial charge in [0, 0.05) is 18.1 Å². The summed E-state index contributed by atoms with van der Waals surface area (Å²) in [5, 5.41) is 4.66. The summed E-state index contributed by atoms with van der Waals surface area (Å²) in [5.41, 5.74) is 1.59. The van der Waals surface area contributed by atoms with Crippen LogP contribution >= 0.6 is 11.6 Å². The standard InChI is InChI=1S/C13H15ClN4O2S/c1-10-5-17(21(19,20)7-10)6-11-2-3-12(14)4-13(11)18-9-15-8-16-18/h2-4,8-10H,5-7H2,1H3. The lowest BCUT2D eigenvalue weighted by molar-refractivity contribution is 0.408. The smallest absolute Gasteiger partial charge is 0.214 e. The van der Waals surface area contributed by atoms with Gasteiger partial charge in [0.15, 0.2) is 0 Å². The van der Waals surface area contributed by atoms with Gasteiger partial charge in [-0.2, -0.15) is 9.40 Å². The van der Waals surface area contributed by atoms with Gasteiger partial charge in [-0.1, -0.05) is 24.6 Å². The SMILES string of the molecule is CC1CN(Cc2ccc(Cl)cc2-n2cncn2)S(=O)(=O)C1. The maximum absolute atomic E-state index is 12.1. The van der Waals surface area contributed by atoms with Gasteiger partial charge in [-0.15, -0.1) is 0 Å². The van der Waals surface area contributed by atoms with Crippen LogP contribution in [0.4, 0.5) is 0 Å². The van der Waals surface area contributed by atoms with E-state index in [1.807, 2.05) is 13.0 Å². The third-order valence-corrected chi connectivity index (χ3v) is 5.75. The van der Waals surface area contributed by atoms with Gasteiger partial charge in [-0.3, -0.25) is 0 Å². The Morgan fingerprint density at radius 2 is 2.24 bits per heavy atom. The molecule has 0 aliphatic carbocycles. The average molecular weight is 327 g/mol. The summed E-state index contributed by atoms with van der Waals surface area (Å²) in [6.07, 6.45) is 3.00. The summed E-state index contributed by atoms with van der Waals surface area (Å²) in [4.78, 5) is 3.92. The largest absolute Gasteiger partial charge is 0.223 e. The maximum Gasteiger partial charge on any atom is 0.214 e. The van der Waals surface area contributed by atoms with Crippen LogP contribution in [0.15, 0.2) is 30.9 Å². The van der Waals surface area contributed by atoms with Crippen molar-refractivity contribution in [3.05, 3.63) is 41.4 Å². The Morgan fingerprint density at radius 3 is 2.86 bits per heavy atom. The number of aromatic nitrogens is 3. The summed E-state index contributed by atoms with van der Waals surface area (Å²) in [7, 11) is -3.18. The fraction of sp³-hybridized carbons (Fsp3) is 0.385. The first-order chi connectivity index (χ1) is 9.95. The number of hydrogen-bond acceptors (Lipinski definition) is 4. The van der Waals surface area contributed by atoms with Crippen molar-refractivity contribution in [1.29, 1.82) is 0 Å². The second-order valence-electron chi connectivity index (χ2n) is 5.29.